The maximum absolute atomic E-state index is 12.5. The molecule has 1 atom stereocenters. The van der Waals surface area contributed by atoms with Crippen LogP contribution >= 0.6 is 11.6 Å². The molecule has 2 aromatic rings. The summed E-state index contributed by atoms with van der Waals surface area (Å²) in [6.07, 6.45) is 0. The number of benzene rings is 2. The molecule has 0 aliphatic carbocycles. The first kappa shape index (κ1) is 17.2. The number of hydrogen-bond acceptors (Lipinski definition) is 3. The maximum atomic E-state index is 12.5. The fraction of sp³-hybridized carbons (Fsp3) is 0.222. The van der Waals surface area contributed by atoms with E-state index >= 15 is 0 Å². The summed E-state index contributed by atoms with van der Waals surface area (Å²) in [4.78, 5) is 29.6. The summed E-state index contributed by atoms with van der Waals surface area (Å²) in [6, 6.07) is 13.8. The third-order valence-corrected chi connectivity index (χ3v) is 3.96. The molecule has 0 heterocycles. The van der Waals surface area contributed by atoms with Crippen LogP contribution in [0.2, 0.25) is 5.02 Å². The molecule has 23 heavy (non-hydrogen) atoms. The molecule has 0 saturated heterocycles. The van der Waals surface area contributed by atoms with E-state index in [0.717, 1.165) is 5.56 Å². The van der Waals surface area contributed by atoms with E-state index in [9.17, 15) is 9.59 Å². The normalized spacial score (nSPS) is 11.8. The second-order valence-electron chi connectivity index (χ2n) is 5.20. The zero-order valence-corrected chi connectivity index (χ0v) is 14.0. The van der Waals surface area contributed by atoms with Crippen molar-refractivity contribution in [2.24, 2.45) is 0 Å². The van der Waals surface area contributed by atoms with Gasteiger partial charge in [-0.3, -0.25) is 14.4 Å². The van der Waals surface area contributed by atoms with Gasteiger partial charge in [-0.2, -0.15) is 0 Å². The van der Waals surface area contributed by atoms with Gasteiger partial charge in [-0.1, -0.05) is 29.8 Å². The number of amides is 1. The summed E-state index contributed by atoms with van der Waals surface area (Å²) in [6.45, 7) is 1.78. The van der Waals surface area contributed by atoms with E-state index in [2.05, 4.69) is 0 Å². The van der Waals surface area contributed by atoms with Crippen molar-refractivity contribution in [1.82, 2.24) is 5.06 Å². The van der Waals surface area contributed by atoms with E-state index in [4.69, 9.17) is 16.4 Å². The highest BCUT2D eigenvalue weighted by Gasteiger charge is 2.20. The maximum Gasteiger partial charge on any atom is 0.253 e. The molecule has 0 aromatic heterocycles. The summed E-state index contributed by atoms with van der Waals surface area (Å²) < 4.78 is 0. The van der Waals surface area contributed by atoms with E-state index in [-0.39, 0.29) is 11.7 Å². The lowest BCUT2D eigenvalue weighted by molar-refractivity contribution is -0.170. The fourth-order valence-electron chi connectivity index (χ4n) is 2.22. The summed E-state index contributed by atoms with van der Waals surface area (Å²) in [5.41, 5.74) is 1.85. The molecule has 1 amide bonds. The summed E-state index contributed by atoms with van der Waals surface area (Å²) >= 11 is 5.84. The van der Waals surface area contributed by atoms with Crippen molar-refractivity contribution in [2.75, 3.05) is 14.2 Å². The molecule has 0 radical (unpaired) electrons. The Bertz CT molecular complexity index is 712. The Hall–Kier alpha value is -2.17. The number of carbonyl (C=O) groups excluding carboxylic acids is 2. The highest BCUT2D eigenvalue weighted by atomic mass is 35.5. The number of likely N-dealkylation sites (N-methyl/N-ethyl adjacent to an activating group) is 1. The monoisotopic (exact) mass is 331 g/mol. The van der Waals surface area contributed by atoms with Gasteiger partial charge < -0.3 is 0 Å². The summed E-state index contributed by atoms with van der Waals surface area (Å²) in [7, 11) is 2.99. The zero-order chi connectivity index (χ0) is 17.0. The molecule has 0 aliphatic rings. The van der Waals surface area contributed by atoms with E-state index in [0.29, 0.717) is 16.1 Å². The van der Waals surface area contributed by atoms with Crippen molar-refractivity contribution in [3.8, 4) is 0 Å². The highest BCUT2D eigenvalue weighted by molar-refractivity contribution is 6.30. The predicted octanol–water partition coefficient (Wildman–Crippen LogP) is 3.69. The van der Waals surface area contributed by atoms with Gasteiger partial charge in [-0.25, -0.2) is 5.06 Å². The van der Waals surface area contributed by atoms with Crippen LogP contribution in [0.3, 0.4) is 0 Å². The van der Waals surface area contributed by atoms with Gasteiger partial charge in [0.2, 0.25) is 0 Å². The first-order valence-corrected chi connectivity index (χ1v) is 7.53. The van der Waals surface area contributed by atoms with Crippen LogP contribution in [-0.4, -0.2) is 30.9 Å². The van der Waals surface area contributed by atoms with Crippen LogP contribution in [-0.2, 0) is 9.63 Å². The highest BCUT2D eigenvalue weighted by Crippen LogP contribution is 2.21. The molecule has 2 rings (SSSR count). The van der Waals surface area contributed by atoms with Crippen LogP contribution in [0, 0.1) is 0 Å². The number of rotatable bonds is 5. The van der Waals surface area contributed by atoms with Gasteiger partial charge in [0.1, 0.15) is 0 Å². The van der Waals surface area contributed by atoms with E-state index < -0.39 is 5.92 Å². The standard InChI is InChI=1S/C18H18ClNO3/c1-12(18(22)20(2)23-3)14-5-4-6-15(11-14)17(21)13-7-9-16(19)10-8-13/h4-12H,1-3H3. The Kier molecular flexibility index (Phi) is 5.53. The Morgan fingerprint density at radius 3 is 2.35 bits per heavy atom. The Balaban J connectivity index is 2.27. The molecule has 0 bridgehead atoms. The third kappa shape index (κ3) is 3.97. The van der Waals surface area contributed by atoms with E-state index in [1.165, 1.54) is 12.2 Å². The molecule has 1 unspecified atom stereocenters. The quantitative estimate of drug-likeness (QED) is 0.620. The fourth-order valence-corrected chi connectivity index (χ4v) is 2.35. The van der Waals surface area contributed by atoms with Crippen molar-refractivity contribution in [3.63, 3.8) is 0 Å². The lowest BCUT2D eigenvalue weighted by atomic mass is 9.95. The van der Waals surface area contributed by atoms with Gasteiger partial charge in [0, 0.05) is 23.2 Å². The first-order chi connectivity index (χ1) is 10.9. The SMILES string of the molecule is CON(C)C(=O)C(C)c1cccc(C(=O)c2ccc(Cl)cc2)c1. The third-order valence-electron chi connectivity index (χ3n) is 3.71. The van der Waals surface area contributed by atoms with Crippen molar-refractivity contribution < 1.29 is 14.4 Å². The average Bonchev–Trinajstić information content (AvgIpc) is 2.59. The van der Waals surface area contributed by atoms with E-state index in [1.54, 1.807) is 56.4 Å². The Morgan fingerprint density at radius 2 is 1.74 bits per heavy atom. The average molecular weight is 332 g/mol. The molecule has 0 fully saturated rings. The van der Waals surface area contributed by atoms with Crippen LogP contribution in [0.25, 0.3) is 0 Å². The van der Waals surface area contributed by atoms with Crippen molar-refractivity contribution in [3.05, 3.63) is 70.2 Å². The lowest BCUT2D eigenvalue weighted by Crippen LogP contribution is -2.29. The number of carbonyl (C=O) groups is 2. The van der Waals surface area contributed by atoms with Crippen LogP contribution in [0.5, 0.6) is 0 Å². The number of hydroxylamine groups is 2. The number of hydrogen-bond donors (Lipinski definition) is 0. The van der Waals surface area contributed by atoms with Crippen molar-refractivity contribution in [2.45, 2.75) is 12.8 Å². The van der Waals surface area contributed by atoms with Crippen LogP contribution in [0.15, 0.2) is 48.5 Å². The van der Waals surface area contributed by atoms with Crippen LogP contribution in [0.4, 0.5) is 0 Å². The molecule has 0 aliphatic heterocycles. The minimum atomic E-state index is -0.405. The van der Waals surface area contributed by atoms with Crippen LogP contribution < -0.4 is 0 Å². The van der Waals surface area contributed by atoms with Crippen molar-refractivity contribution >= 4 is 23.3 Å². The molecule has 120 valence electrons. The minimum absolute atomic E-state index is 0.108. The van der Waals surface area contributed by atoms with Gasteiger partial charge in [0.05, 0.1) is 13.0 Å². The first-order valence-electron chi connectivity index (χ1n) is 7.16. The number of halogens is 1. The van der Waals surface area contributed by atoms with Gasteiger partial charge >= 0.3 is 0 Å². The van der Waals surface area contributed by atoms with Crippen LogP contribution in [0.1, 0.15) is 34.3 Å². The molecular weight excluding hydrogens is 314 g/mol. The van der Waals surface area contributed by atoms with Gasteiger partial charge in [-0.15, -0.1) is 0 Å². The topological polar surface area (TPSA) is 46.6 Å². The number of ketones is 1. The summed E-state index contributed by atoms with van der Waals surface area (Å²) in [5.74, 6) is -0.690. The molecule has 0 spiro atoms. The van der Waals surface area contributed by atoms with Gasteiger partial charge in [-0.05, 0) is 42.8 Å². The molecule has 4 nitrogen and oxygen atoms in total. The lowest BCUT2D eigenvalue weighted by Gasteiger charge is -2.19. The Labute approximate surface area is 140 Å². The molecule has 0 N–H and O–H groups in total. The van der Waals surface area contributed by atoms with E-state index in [1.807, 2.05) is 6.07 Å². The van der Waals surface area contributed by atoms with Crippen molar-refractivity contribution in [1.29, 1.82) is 0 Å². The molecule has 0 saturated carbocycles. The smallest absolute Gasteiger partial charge is 0.253 e. The van der Waals surface area contributed by atoms with Gasteiger partial charge in [0.25, 0.3) is 5.91 Å². The second-order valence-corrected chi connectivity index (χ2v) is 5.64. The zero-order valence-electron chi connectivity index (χ0n) is 13.2. The predicted molar refractivity (Wildman–Crippen MR) is 89.5 cm³/mol. The largest absolute Gasteiger partial charge is 0.289 e. The molecular formula is C18H18ClNO3. The molecule has 2 aromatic carbocycles. The van der Waals surface area contributed by atoms with Gasteiger partial charge in [0.15, 0.2) is 5.78 Å². The minimum Gasteiger partial charge on any atom is -0.289 e. The second kappa shape index (κ2) is 7.40. The summed E-state index contributed by atoms with van der Waals surface area (Å²) in [5, 5.41) is 1.76. The Morgan fingerprint density at radius 1 is 1.09 bits per heavy atom. The molecule has 5 heteroatoms. The number of nitrogens with zero attached hydrogens (tertiary/aromatic N) is 1.